The van der Waals surface area contributed by atoms with Crippen LogP contribution in [0.15, 0.2) is 48.5 Å². The lowest BCUT2D eigenvalue weighted by Gasteiger charge is -2.18. The van der Waals surface area contributed by atoms with E-state index >= 15 is 0 Å². The molecule has 0 bridgehead atoms. The molecule has 3 aromatic rings. The van der Waals surface area contributed by atoms with E-state index in [0.29, 0.717) is 35.7 Å². The second kappa shape index (κ2) is 10.2. The molecule has 0 saturated carbocycles. The fourth-order valence-corrected chi connectivity index (χ4v) is 3.47. The first-order chi connectivity index (χ1) is 15.9. The Kier molecular flexibility index (Phi) is 7.14. The summed E-state index contributed by atoms with van der Waals surface area (Å²) in [6, 6.07) is 16.2. The van der Waals surface area contributed by atoms with Crippen molar-refractivity contribution in [2.45, 2.75) is 26.7 Å². The van der Waals surface area contributed by atoms with E-state index in [1.165, 1.54) is 6.07 Å². The number of nitrogen functional groups attached to an aromatic ring is 2. The van der Waals surface area contributed by atoms with Crippen LogP contribution in [0.3, 0.4) is 0 Å². The van der Waals surface area contributed by atoms with E-state index in [2.05, 4.69) is 21.7 Å². The van der Waals surface area contributed by atoms with Gasteiger partial charge in [-0.3, -0.25) is 10.2 Å². The van der Waals surface area contributed by atoms with Crippen LogP contribution in [0.4, 0.5) is 22.7 Å². The smallest absolute Gasteiger partial charge is 0.269 e. The monoisotopic (exact) mass is 440 g/mol. The number of nitrogens with one attached hydrogen (secondary N) is 2. The summed E-state index contributed by atoms with van der Waals surface area (Å²) in [5, 5.41) is 12.0. The number of rotatable bonds is 7. The lowest BCUT2D eigenvalue weighted by Crippen LogP contribution is -2.30. The highest BCUT2D eigenvalue weighted by atomic mass is 16.5. The van der Waals surface area contributed by atoms with Crippen LogP contribution >= 0.6 is 0 Å². The molecule has 0 atom stereocenters. The van der Waals surface area contributed by atoms with Crippen molar-refractivity contribution in [1.82, 2.24) is 5.43 Å². The van der Waals surface area contributed by atoms with Crippen molar-refractivity contribution in [2.75, 3.05) is 11.1 Å². The van der Waals surface area contributed by atoms with Crippen molar-refractivity contribution >= 4 is 28.7 Å². The number of ether oxygens (including phenoxy) is 1. The zero-order valence-corrected chi connectivity index (χ0v) is 18.4. The molecule has 6 N–H and O–H groups in total. The zero-order chi connectivity index (χ0) is 24.0. The third kappa shape index (κ3) is 5.40. The minimum atomic E-state index is -0.536. The summed E-state index contributed by atoms with van der Waals surface area (Å²) >= 11 is 0. The van der Waals surface area contributed by atoms with Crippen LogP contribution in [0.1, 0.15) is 33.5 Å². The molecule has 3 rings (SSSR count). The summed E-state index contributed by atoms with van der Waals surface area (Å²) in [6.07, 6.45) is 1.09. The van der Waals surface area contributed by atoms with Gasteiger partial charge in [0.05, 0.1) is 29.6 Å². The maximum atomic E-state index is 12.4. The van der Waals surface area contributed by atoms with Gasteiger partial charge in [0.15, 0.2) is 5.69 Å². The predicted octanol–water partition coefficient (Wildman–Crippen LogP) is 5.03. The summed E-state index contributed by atoms with van der Waals surface area (Å²) in [6.45, 7) is 10.9. The fourth-order valence-electron chi connectivity index (χ4n) is 3.47. The van der Waals surface area contributed by atoms with Gasteiger partial charge >= 0.3 is 0 Å². The zero-order valence-electron chi connectivity index (χ0n) is 18.4. The van der Waals surface area contributed by atoms with Gasteiger partial charge in [0.1, 0.15) is 11.5 Å². The molecule has 0 aliphatic heterocycles. The third-order valence-electron chi connectivity index (χ3n) is 5.06. The molecule has 0 unspecified atom stereocenters. The molecule has 0 radical (unpaired) electrons. The average Bonchev–Trinajstić information content (AvgIpc) is 2.81. The van der Waals surface area contributed by atoms with Crippen molar-refractivity contribution in [3.05, 3.63) is 82.2 Å². The summed E-state index contributed by atoms with van der Waals surface area (Å²) in [5.74, 6) is 5.72. The van der Waals surface area contributed by atoms with E-state index in [1.807, 2.05) is 26.0 Å². The Morgan fingerprint density at radius 3 is 2.39 bits per heavy atom. The summed E-state index contributed by atoms with van der Waals surface area (Å²) in [5.41, 5.74) is 13.4. The molecule has 33 heavy (non-hydrogen) atoms. The molecule has 1 amide bonds. The lowest BCUT2D eigenvalue weighted by atomic mass is 10.0. The number of nitriles is 1. The third-order valence-corrected chi connectivity index (χ3v) is 5.06. The maximum absolute atomic E-state index is 12.4. The van der Waals surface area contributed by atoms with E-state index in [4.69, 9.17) is 28.1 Å². The number of hydrazine groups is 1. The molecule has 0 fully saturated rings. The summed E-state index contributed by atoms with van der Waals surface area (Å²) in [4.78, 5) is 15.8. The second-order valence-electron chi connectivity index (χ2n) is 7.51. The molecule has 0 aliphatic carbocycles. The van der Waals surface area contributed by atoms with Gasteiger partial charge in [-0.1, -0.05) is 24.3 Å². The van der Waals surface area contributed by atoms with Gasteiger partial charge in [-0.05, 0) is 55.2 Å². The first-order valence-corrected chi connectivity index (χ1v) is 10.2. The van der Waals surface area contributed by atoms with Crippen molar-refractivity contribution in [2.24, 2.45) is 5.84 Å². The van der Waals surface area contributed by atoms with E-state index in [9.17, 15) is 4.79 Å². The number of amides is 1. The van der Waals surface area contributed by atoms with Crippen molar-refractivity contribution in [3.63, 3.8) is 0 Å². The highest BCUT2D eigenvalue weighted by Crippen LogP contribution is 2.37. The van der Waals surface area contributed by atoms with Gasteiger partial charge in [-0.15, -0.1) is 0 Å². The van der Waals surface area contributed by atoms with E-state index in [1.54, 1.807) is 30.3 Å². The predicted molar refractivity (Wildman–Crippen MR) is 128 cm³/mol. The van der Waals surface area contributed by atoms with Crippen LogP contribution in [-0.2, 0) is 6.42 Å². The van der Waals surface area contributed by atoms with Gasteiger partial charge in [0, 0.05) is 18.2 Å². The number of benzene rings is 3. The highest BCUT2D eigenvalue weighted by Gasteiger charge is 2.18. The molecule has 0 heterocycles. The Hall–Kier alpha value is -4.53. The number of carbonyl (C=O) groups excluding carboxylic acids is 1. The minimum absolute atomic E-state index is 0.191. The highest BCUT2D eigenvalue weighted by molar-refractivity contribution is 5.99. The second-order valence-corrected chi connectivity index (χ2v) is 7.51. The van der Waals surface area contributed by atoms with Crippen LogP contribution in [0.25, 0.3) is 4.85 Å². The molecular weight excluding hydrogens is 416 g/mol. The Labute approximate surface area is 192 Å². The molecular formula is C25H24N6O2. The standard InChI is InChI=1S/C25H24N6O2/c1-15-11-17(5-4-10-26)12-16(2)24(15)33-23-14-22(21(27)13-20(23)25(32)31-28)30-19-8-6-18(29-3)7-9-19/h6-9,11-14,30H,4-5,27-28H2,1-2H3,(H,31,32). The van der Waals surface area contributed by atoms with E-state index in [0.717, 1.165) is 22.4 Å². The average molecular weight is 441 g/mol. The molecule has 0 spiro atoms. The molecule has 0 saturated heterocycles. The molecule has 0 aromatic heterocycles. The number of nitrogens with two attached hydrogens (primary N) is 2. The number of nitrogens with zero attached hydrogens (tertiary/aromatic N) is 2. The number of hydrogen-bond donors (Lipinski definition) is 4. The SMILES string of the molecule is [C-]#[N+]c1ccc(Nc2cc(Oc3c(C)cc(CCC#N)cc3C)c(C(=O)NN)cc2N)cc1. The van der Waals surface area contributed by atoms with Crippen molar-refractivity contribution < 1.29 is 9.53 Å². The summed E-state index contributed by atoms with van der Waals surface area (Å²) in [7, 11) is 0. The van der Waals surface area contributed by atoms with Gasteiger partial charge in [0.25, 0.3) is 5.91 Å². The van der Waals surface area contributed by atoms with Crippen molar-refractivity contribution in [1.29, 1.82) is 5.26 Å². The number of carbonyl (C=O) groups is 1. The molecule has 8 heteroatoms. The molecule has 0 aliphatic rings. The Bertz CT molecular complexity index is 1250. The Morgan fingerprint density at radius 1 is 1.15 bits per heavy atom. The first kappa shape index (κ1) is 23.1. The number of anilines is 3. The van der Waals surface area contributed by atoms with E-state index in [-0.39, 0.29) is 11.3 Å². The van der Waals surface area contributed by atoms with Gasteiger partial charge in [-0.25, -0.2) is 10.7 Å². The Morgan fingerprint density at radius 2 is 1.82 bits per heavy atom. The van der Waals surface area contributed by atoms with Crippen LogP contribution < -0.4 is 27.1 Å². The number of hydrogen-bond acceptors (Lipinski definition) is 6. The molecule has 3 aromatic carbocycles. The quantitative estimate of drug-likeness (QED) is 0.134. The molecule has 8 nitrogen and oxygen atoms in total. The van der Waals surface area contributed by atoms with Gasteiger partial charge in [0.2, 0.25) is 0 Å². The van der Waals surface area contributed by atoms with Crippen LogP contribution in [0, 0.1) is 31.8 Å². The van der Waals surface area contributed by atoms with E-state index < -0.39 is 5.91 Å². The minimum Gasteiger partial charge on any atom is -0.456 e. The van der Waals surface area contributed by atoms with Gasteiger partial charge < -0.3 is 15.8 Å². The van der Waals surface area contributed by atoms with Gasteiger partial charge in [-0.2, -0.15) is 5.26 Å². The molecule has 166 valence electrons. The Balaban J connectivity index is 2.00. The van der Waals surface area contributed by atoms with Crippen LogP contribution in [-0.4, -0.2) is 5.91 Å². The number of aryl methyl sites for hydroxylation is 3. The van der Waals surface area contributed by atoms with Crippen LogP contribution in [0.2, 0.25) is 0 Å². The van der Waals surface area contributed by atoms with Crippen LogP contribution in [0.5, 0.6) is 11.5 Å². The normalized spacial score (nSPS) is 10.1. The fraction of sp³-hybridized carbons (Fsp3) is 0.160. The topological polar surface area (TPSA) is 131 Å². The van der Waals surface area contributed by atoms with Crippen molar-refractivity contribution in [3.8, 4) is 17.6 Å². The first-order valence-electron chi connectivity index (χ1n) is 10.2. The lowest BCUT2D eigenvalue weighted by molar-refractivity contribution is 0.0951. The summed E-state index contributed by atoms with van der Waals surface area (Å²) < 4.78 is 6.21. The largest absolute Gasteiger partial charge is 0.456 e. The maximum Gasteiger partial charge on any atom is 0.269 e.